The second kappa shape index (κ2) is 8.91. The largest absolute Gasteiger partial charge is 0.496 e. The van der Waals surface area contributed by atoms with E-state index >= 15 is 0 Å². The summed E-state index contributed by atoms with van der Waals surface area (Å²) in [6.45, 7) is 0. The number of carbonyl (C=O) groups is 1. The Labute approximate surface area is 165 Å². The summed E-state index contributed by atoms with van der Waals surface area (Å²) >= 11 is 0. The molecule has 0 saturated carbocycles. The van der Waals surface area contributed by atoms with E-state index in [1.54, 1.807) is 26.4 Å². The predicted molar refractivity (Wildman–Crippen MR) is 111 cm³/mol. The lowest BCUT2D eigenvalue weighted by Gasteiger charge is -2.16. The maximum atomic E-state index is 11.7. The van der Waals surface area contributed by atoms with Crippen LogP contribution in [0.15, 0.2) is 72.8 Å². The highest BCUT2D eigenvalue weighted by atomic mass is 16.5. The molecule has 0 aromatic heterocycles. The van der Waals surface area contributed by atoms with Crippen LogP contribution in [0, 0.1) is 0 Å². The number of hydrogen-bond donors (Lipinski definition) is 0. The van der Waals surface area contributed by atoms with Gasteiger partial charge in [0.1, 0.15) is 11.5 Å². The molecule has 0 unspecified atom stereocenters. The summed E-state index contributed by atoms with van der Waals surface area (Å²) in [5, 5.41) is 0. The van der Waals surface area contributed by atoms with Gasteiger partial charge >= 0.3 is 5.97 Å². The minimum atomic E-state index is -0.356. The highest BCUT2D eigenvalue weighted by molar-refractivity contribution is 5.95. The molecule has 0 atom stereocenters. The van der Waals surface area contributed by atoms with Gasteiger partial charge < -0.3 is 14.2 Å². The molecular weight excluding hydrogens is 352 g/mol. The number of hydrogen-bond acceptors (Lipinski definition) is 4. The van der Waals surface area contributed by atoms with Crippen LogP contribution < -0.4 is 9.47 Å². The van der Waals surface area contributed by atoms with Gasteiger partial charge in [0.05, 0.1) is 26.9 Å². The first-order valence-electron chi connectivity index (χ1n) is 8.84. The van der Waals surface area contributed by atoms with Crippen molar-refractivity contribution in [1.82, 2.24) is 0 Å². The van der Waals surface area contributed by atoms with Gasteiger partial charge in [0.25, 0.3) is 0 Å². The predicted octanol–water partition coefficient (Wildman–Crippen LogP) is 5.08. The van der Waals surface area contributed by atoms with E-state index in [9.17, 15) is 4.79 Å². The topological polar surface area (TPSA) is 44.8 Å². The van der Waals surface area contributed by atoms with Crippen LogP contribution in [0.1, 0.15) is 27.0 Å². The number of para-hydroxylation sites is 2. The molecule has 3 aromatic rings. The molecule has 4 nitrogen and oxygen atoms in total. The zero-order valence-electron chi connectivity index (χ0n) is 16.1. The molecule has 3 rings (SSSR count). The molecule has 0 aliphatic carbocycles. The number of methoxy groups -OCH3 is 3. The van der Waals surface area contributed by atoms with Crippen LogP contribution >= 0.6 is 0 Å². The van der Waals surface area contributed by atoms with Crippen LogP contribution in [0.25, 0.3) is 11.6 Å². The van der Waals surface area contributed by atoms with Gasteiger partial charge in [-0.05, 0) is 41.5 Å². The first kappa shape index (κ1) is 19.2. The third-order valence-electron chi connectivity index (χ3n) is 4.44. The van der Waals surface area contributed by atoms with E-state index in [0.29, 0.717) is 5.56 Å². The maximum absolute atomic E-state index is 11.7. The number of carbonyl (C=O) groups excluding carboxylic acids is 1. The Morgan fingerprint density at radius 1 is 0.714 bits per heavy atom. The third kappa shape index (κ3) is 4.07. The van der Waals surface area contributed by atoms with Gasteiger partial charge in [-0.15, -0.1) is 0 Å². The molecule has 28 heavy (non-hydrogen) atoms. The van der Waals surface area contributed by atoms with Crippen LogP contribution in [0.3, 0.4) is 0 Å². The molecule has 0 bridgehead atoms. The van der Waals surface area contributed by atoms with Gasteiger partial charge in [-0.25, -0.2) is 4.79 Å². The van der Waals surface area contributed by atoms with Crippen molar-refractivity contribution in [2.24, 2.45) is 0 Å². The van der Waals surface area contributed by atoms with E-state index in [1.807, 2.05) is 60.7 Å². The van der Waals surface area contributed by atoms with Gasteiger partial charge in [0.2, 0.25) is 0 Å². The highest BCUT2D eigenvalue weighted by Crippen LogP contribution is 2.36. The van der Waals surface area contributed by atoms with Gasteiger partial charge in [-0.3, -0.25) is 0 Å². The number of ether oxygens (including phenoxy) is 3. The summed E-state index contributed by atoms with van der Waals surface area (Å²) in [4.78, 5) is 11.7. The van der Waals surface area contributed by atoms with E-state index < -0.39 is 0 Å². The van der Waals surface area contributed by atoms with Gasteiger partial charge in [0, 0.05) is 11.1 Å². The smallest absolute Gasteiger partial charge is 0.337 e. The molecule has 0 N–H and O–H groups in total. The second-order valence-corrected chi connectivity index (χ2v) is 6.07. The van der Waals surface area contributed by atoms with Crippen molar-refractivity contribution in [2.45, 2.75) is 0 Å². The van der Waals surface area contributed by atoms with E-state index in [1.165, 1.54) is 7.11 Å². The Morgan fingerprint density at radius 3 is 1.68 bits per heavy atom. The summed E-state index contributed by atoms with van der Waals surface area (Å²) in [6, 6.07) is 23.0. The molecule has 142 valence electrons. The van der Waals surface area contributed by atoms with E-state index in [4.69, 9.17) is 14.2 Å². The summed E-state index contributed by atoms with van der Waals surface area (Å²) in [5.41, 5.74) is 4.31. The summed E-state index contributed by atoms with van der Waals surface area (Å²) < 4.78 is 15.9. The van der Waals surface area contributed by atoms with Crippen molar-refractivity contribution < 1.29 is 19.0 Å². The number of benzene rings is 3. The Balaban J connectivity index is 2.16. The van der Waals surface area contributed by atoms with Gasteiger partial charge in [-0.2, -0.15) is 0 Å². The van der Waals surface area contributed by atoms with Crippen molar-refractivity contribution in [1.29, 1.82) is 0 Å². The van der Waals surface area contributed by atoms with Crippen molar-refractivity contribution in [3.05, 3.63) is 95.1 Å². The monoisotopic (exact) mass is 374 g/mol. The number of esters is 1. The third-order valence-corrected chi connectivity index (χ3v) is 4.44. The fourth-order valence-corrected chi connectivity index (χ4v) is 3.03. The van der Waals surface area contributed by atoms with Crippen LogP contribution in [0.5, 0.6) is 11.5 Å². The number of rotatable bonds is 6. The van der Waals surface area contributed by atoms with E-state index in [0.717, 1.165) is 33.8 Å². The summed E-state index contributed by atoms with van der Waals surface area (Å²) in [5.74, 6) is 1.18. The minimum absolute atomic E-state index is 0.356. The van der Waals surface area contributed by atoms with E-state index in [2.05, 4.69) is 6.08 Å². The lowest BCUT2D eigenvalue weighted by atomic mass is 9.94. The molecule has 0 spiro atoms. The first-order valence-corrected chi connectivity index (χ1v) is 8.84. The van der Waals surface area contributed by atoms with Crippen molar-refractivity contribution in [3.8, 4) is 11.5 Å². The van der Waals surface area contributed by atoms with Gasteiger partial charge in [-0.1, -0.05) is 48.5 Å². The van der Waals surface area contributed by atoms with Crippen molar-refractivity contribution in [3.63, 3.8) is 0 Å². The molecule has 0 amide bonds. The van der Waals surface area contributed by atoms with Crippen LogP contribution in [-0.2, 0) is 4.74 Å². The van der Waals surface area contributed by atoms with Crippen molar-refractivity contribution >= 4 is 17.6 Å². The minimum Gasteiger partial charge on any atom is -0.496 e. The first-order chi connectivity index (χ1) is 13.7. The molecule has 3 aromatic carbocycles. The summed E-state index contributed by atoms with van der Waals surface area (Å²) in [6.07, 6.45) is 2.05. The second-order valence-electron chi connectivity index (χ2n) is 6.07. The average molecular weight is 374 g/mol. The Bertz CT molecular complexity index is 938. The molecule has 4 heteroatoms. The van der Waals surface area contributed by atoms with Crippen LogP contribution in [-0.4, -0.2) is 27.3 Å². The normalized spacial score (nSPS) is 10.1. The molecule has 0 fully saturated rings. The molecule has 0 heterocycles. The molecule has 0 saturated heterocycles. The lowest BCUT2D eigenvalue weighted by Crippen LogP contribution is -2.00. The van der Waals surface area contributed by atoms with Crippen LogP contribution in [0.4, 0.5) is 0 Å². The fourth-order valence-electron chi connectivity index (χ4n) is 3.03. The SMILES string of the molecule is COC(=O)c1ccc(C=C(c2ccccc2OC)c2ccccc2OC)cc1. The molecule has 0 aliphatic heterocycles. The zero-order chi connectivity index (χ0) is 19.9. The molecular formula is C24H22O4. The van der Waals surface area contributed by atoms with Crippen molar-refractivity contribution in [2.75, 3.05) is 21.3 Å². The standard InChI is InChI=1S/C24H22O4/c1-26-22-10-6-4-8-19(22)21(20-9-5-7-11-23(20)27-2)16-17-12-14-18(15-13-17)24(25)28-3/h4-16H,1-3H3. The average Bonchev–Trinajstić information content (AvgIpc) is 2.77. The van der Waals surface area contributed by atoms with Gasteiger partial charge in [0.15, 0.2) is 0 Å². The highest BCUT2D eigenvalue weighted by Gasteiger charge is 2.15. The Morgan fingerprint density at radius 2 is 1.21 bits per heavy atom. The van der Waals surface area contributed by atoms with Crippen LogP contribution in [0.2, 0.25) is 0 Å². The molecule has 0 radical (unpaired) electrons. The molecule has 0 aliphatic rings. The lowest BCUT2D eigenvalue weighted by molar-refractivity contribution is 0.0600. The maximum Gasteiger partial charge on any atom is 0.337 e. The summed E-state index contributed by atoms with van der Waals surface area (Å²) in [7, 11) is 4.69. The van der Waals surface area contributed by atoms with E-state index in [-0.39, 0.29) is 5.97 Å². The zero-order valence-corrected chi connectivity index (χ0v) is 16.1. The Kier molecular flexibility index (Phi) is 6.12. The quantitative estimate of drug-likeness (QED) is 0.446. The Hall–Kier alpha value is -3.53. The fraction of sp³-hybridized carbons (Fsp3) is 0.125.